The van der Waals surface area contributed by atoms with E-state index in [4.69, 9.17) is 0 Å². The first-order valence-corrected chi connectivity index (χ1v) is 8.46. The monoisotopic (exact) mass is 311 g/mol. The van der Waals surface area contributed by atoms with E-state index in [1.165, 1.54) is 36.8 Å². The molecule has 2 aromatic rings. The fourth-order valence-corrected chi connectivity index (χ4v) is 3.15. The zero-order chi connectivity index (χ0) is 16.2. The van der Waals surface area contributed by atoms with Gasteiger partial charge >= 0.3 is 0 Å². The summed E-state index contributed by atoms with van der Waals surface area (Å²) in [7, 11) is 0. The maximum atomic E-state index is 4.58. The van der Waals surface area contributed by atoms with Crippen LogP contribution in [0, 0.1) is 6.92 Å². The van der Waals surface area contributed by atoms with Gasteiger partial charge in [0.05, 0.1) is 6.20 Å². The van der Waals surface area contributed by atoms with Crippen LogP contribution in [0.4, 0.5) is 17.5 Å². The summed E-state index contributed by atoms with van der Waals surface area (Å²) in [4.78, 5) is 4.58. The van der Waals surface area contributed by atoms with Crippen LogP contribution in [0.1, 0.15) is 56.6 Å². The summed E-state index contributed by atoms with van der Waals surface area (Å²) in [5, 5.41) is 15.0. The number of aromatic nitrogens is 3. The third-order valence-electron chi connectivity index (χ3n) is 4.43. The lowest BCUT2D eigenvalue weighted by atomic mass is 9.98. The van der Waals surface area contributed by atoms with Crippen LogP contribution in [0.15, 0.2) is 24.4 Å². The predicted octanol–water partition coefficient (Wildman–Crippen LogP) is 4.40. The Labute approximate surface area is 137 Å². The quantitative estimate of drug-likeness (QED) is 0.857. The van der Waals surface area contributed by atoms with Crippen molar-refractivity contribution in [1.82, 2.24) is 15.2 Å². The van der Waals surface area contributed by atoms with Gasteiger partial charge in [-0.05, 0) is 36.8 Å². The van der Waals surface area contributed by atoms with Crippen LogP contribution >= 0.6 is 0 Å². The van der Waals surface area contributed by atoms with Gasteiger partial charge in [0.15, 0.2) is 5.82 Å². The van der Waals surface area contributed by atoms with Crippen molar-refractivity contribution in [3.63, 3.8) is 0 Å². The molecule has 0 radical (unpaired) electrons. The van der Waals surface area contributed by atoms with Gasteiger partial charge in [0.25, 0.3) is 0 Å². The molecule has 0 saturated heterocycles. The normalized spacial score (nSPS) is 15.1. The molecule has 1 aromatic heterocycles. The minimum absolute atomic E-state index is 0.447. The lowest BCUT2D eigenvalue weighted by Crippen LogP contribution is -2.17. The van der Waals surface area contributed by atoms with E-state index in [1.807, 2.05) is 0 Å². The molecule has 0 unspecified atom stereocenters. The summed E-state index contributed by atoms with van der Waals surface area (Å²) in [6, 6.07) is 6.85. The molecular formula is C18H25N5. The molecular weight excluding hydrogens is 286 g/mol. The van der Waals surface area contributed by atoms with Gasteiger partial charge in [-0.2, -0.15) is 10.1 Å². The number of para-hydroxylation sites is 1. The number of hydrogen-bond donors (Lipinski definition) is 2. The van der Waals surface area contributed by atoms with Gasteiger partial charge in [-0.15, -0.1) is 5.10 Å². The first-order valence-electron chi connectivity index (χ1n) is 8.46. The molecule has 23 heavy (non-hydrogen) atoms. The number of nitrogens with one attached hydrogen (secondary N) is 2. The van der Waals surface area contributed by atoms with Crippen molar-refractivity contribution < 1.29 is 0 Å². The van der Waals surface area contributed by atoms with Crippen molar-refractivity contribution in [3.05, 3.63) is 35.5 Å². The number of nitrogens with zero attached hydrogens (tertiary/aromatic N) is 3. The second-order valence-corrected chi connectivity index (χ2v) is 6.61. The van der Waals surface area contributed by atoms with E-state index >= 15 is 0 Å². The first-order chi connectivity index (χ1) is 11.1. The van der Waals surface area contributed by atoms with Crippen LogP contribution in [0.5, 0.6) is 0 Å². The molecule has 122 valence electrons. The van der Waals surface area contributed by atoms with E-state index in [0.717, 1.165) is 11.5 Å². The van der Waals surface area contributed by atoms with Gasteiger partial charge < -0.3 is 10.6 Å². The highest BCUT2D eigenvalue weighted by Gasteiger charge is 2.16. The fraction of sp³-hybridized carbons (Fsp3) is 0.500. The Hall–Kier alpha value is -2.17. The van der Waals surface area contributed by atoms with Crippen LogP contribution in [0.25, 0.3) is 0 Å². The number of rotatable bonds is 5. The van der Waals surface area contributed by atoms with Crippen LogP contribution in [-0.2, 0) is 0 Å². The summed E-state index contributed by atoms with van der Waals surface area (Å²) in [5.74, 6) is 1.79. The highest BCUT2D eigenvalue weighted by atomic mass is 15.3. The van der Waals surface area contributed by atoms with Crippen molar-refractivity contribution in [2.24, 2.45) is 0 Å². The largest absolute Gasteiger partial charge is 0.350 e. The Morgan fingerprint density at radius 1 is 1.17 bits per heavy atom. The molecule has 1 aromatic carbocycles. The number of aryl methyl sites for hydroxylation is 1. The van der Waals surface area contributed by atoms with Gasteiger partial charge in [-0.3, -0.25) is 0 Å². The molecule has 1 aliphatic carbocycles. The van der Waals surface area contributed by atoms with Gasteiger partial charge in [0.2, 0.25) is 5.95 Å². The second kappa shape index (κ2) is 6.94. The maximum absolute atomic E-state index is 4.58. The third-order valence-corrected chi connectivity index (χ3v) is 4.43. The molecule has 5 nitrogen and oxygen atoms in total. The second-order valence-electron chi connectivity index (χ2n) is 6.61. The van der Waals surface area contributed by atoms with Crippen LogP contribution in [0.3, 0.4) is 0 Å². The van der Waals surface area contributed by atoms with Crippen molar-refractivity contribution in [2.75, 3.05) is 10.6 Å². The summed E-state index contributed by atoms with van der Waals surface area (Å²) < 4.78 is 0. The van der Waals surface area contributed by atoms with E-state index in [0.29, 0.717) is 17.9 Å². The zero-order valence-electron chi connectivity index (χ0n) is 14.1. The lowest BCUT2D eigenvalue weighted by molar-refractivity contribution is 0.738. The summed E-state index contributed by atoms with van der Waals surface area (Å²) >= 11 is 0. The summed E-state index contributed by atoms with van der Waals surface area (Å²) in [5.41, 5.74) is 3.61. The molecule has 5 heteroatoms. The Morgan fingerprint density at radius 3 is 2.70 bits per heavy atom. The van der Waals surface area contributed by atoms with Crippen molar-refractivity contribution >= 4 is 17.5 Å². The van der Waals surface area contributed by atoms with E-state index in [-0.39, 0.29) is 0 Å². The molecule has 0 aliphatic heterocycles. The van der Waals surface area contributed by atoms with E-state index < -0.39 is 0 Å². The summed E-state index contributed by atoms with van der Waals surface area (Å²) in [6.45, 7) is 6.51. The fourth-order valence-electron chi connectivity index (χ4n) is 3.15. The van der Waals surface area contributed by atoms with Crippen LogP contribution in [-0.4, -0.2) is 21.2 Å². The zero-order valence-corrected chi connectivity index (χ0v) is 14.1. The Bertz CT molecular complexity index is 662. The molecule has 2 N–H and O–H groups in total. The molecule has 0 bridgehead atoms. The van der Waals surface area contributed by atoms with Gasteiger partial charge in [-0.1, -0.05) is 44.9 Å². The Morgan fingerprint density at radius 2 is 1.96 bits per heavy atom. The molecule has 3 rings (SSSR count). The first kappa shape index (κ1) is 15.7. The average Bonchev–Trinajstić information content (AvgIpc) is 3.02. The van der Waals surface area contributed by atoms with Gasteiger partial charge in [0.1, 0.15) is 0 Å². The topological polar surface area (TPSA) is 62.7 Å². The average molecular weight is 311 g/mol. The van der Waals surface area contributed by atoms with E-state index in [1.54, 1.807) is 6.20 Å². The molecule has 0 spiro atoms. The molecule has 0 atom stereocenters. The predicted molar refractivity (Wildman–Crippen MR) is 94.3 cm³/mol. The Kier molecular flexibility index (Phi) is 4.74. The standard InChI is InChI=1S/C18H25N5/c1-12(2)15-10-6-7-13(3)17(15)21-16-11-19-23-18(22-16)20-14-8-4-5-9-14/h6-7,10-12,14H,4-5,8-9H2,1-3H3,(H2,20,21,22,23). The van der Waals surface area contributed by atoms with Crippen LogP contribution in [0.2, 0.25) is 0 Å². The maximum Gasteiger partial charge on any atom is 0.244 e. The number of anilines is 3. The van der Waals surface area contributed by atoms with Crippen molar-refractivity contribution in [3.8, 4) is 0 Å². The highest BCUT2D eigenvalue weighted by Crippen LogP contribution is 2.29. The molecule has 1 aliphatic rings. The van der Waals surface area contributed by atoms with E-state index in [9.17, 15) is 0 Å². The summed E-state index contributed by atoms with van der Waals surface area (Å²) in [6.07, 6.45) is 6.62. The van der Waals surface area contributed by atoms with E-state index in [2.05, 4.69) is 64.8 Å². The van der Waals surface area contributed by atoms with Gasteiger partial charge in [-0.25, -0.2) is 0 Å². The number of hydrogen-bond acceptors (Lipinski definition) is 5. The molecule has 1 heterocycles. The lowest BCUT2D eigenvalue weighted by Gasteiger charge is -2.17. The molecule has 0 amide bonds. The smallest absolute Gasteiger partial charge is 0.244 e. The number of benzene rings is 1. The van der Waals surface area contributed by atoms with Crippen LogP contribution < -0.4 is 10.6 Å². The molecule has 1 fully saturated rings. The minimum atomic E-state index is 0.447. The highest BCUT2D eigenvalue weighted by molar-refractivity contribution is 5.65. The van der Waals surface area contributed by atoms with Gasteiger partial charge in [0, 0.05) is 11.7 Å². The minimum Gasteiger partial charge on any atom is -0.350 e. The SMILES string of the molecule is Cc1cccc(C(C)C)c1Nc1cnnc(NC2CCCC2)n1. The van der Waals surface area contributed by atoms with Crippen molar-refractivity contribution in [2.45, 2.75) is 58.4 Å². The van der Waals surface area contributed by atoms with Crippen molar-refractivity contribution in [1.29, 1.82) is 0 Å². The Balaban J connectivity index is 1.80. The third kappa shape index (κ3) is 3.78. The molecule has 1 saturated carbocycles.